The molecule has 0 aliphatic rings. The molecule has 0 saturated carbocycles. The van der Waals surface area contributed by atoms with E-state index in [4.69, 9.17) is 5.73 Å². The molecule has 2 aromatic rings. The van der Waals surface area contributed by atoms with Crippen molar-refractivity contribution < 1.29 is 14.9 Å². The van der Waals surface area contributed by atoms with Gasteiger partial charge in [-0.25, -0.2) is 4.79 Å². The molecule has 0 aliphatic carbocycles. The van der Waals surface area contributed by atoms with Crippen LogP contribution in [0.5, 0.6) is 0 Å². The molecular weight excluding hydrogens is 266 g/mol. The van der Waals surface area contributed by atoms with Gasteiger partial charge in [0.15, 0.2) is 6.04 Å². The highest BCUT2D eigenvalue weighted by molar-refractivity contribution is 5.96. The highest BCUT2D eigenvalue weighted by Crippen LogP contribution is 2.08. The van der Waals surface area contributed by atoms with Crippen LogP contribution < -0.4 is 16.4 Å². The van der Waals surface area contributed by atoms with E-state index in [1.807, 2.05) is 66.0 Å². The number of amides is 3. The molecular formula is C16H18N3O2+. The van der Waals surface area contributed by atoms with E-state index >= 15 is 0 Å². The first-order valence-corrected chi connectivity index (χ1v) is 6.69. The van der Waals surface area contributed by atoms with Gasteiger partial charge < -0.3 is 11.1 Å². The quantitative estimate of drug-likeness (QED) is 0.754. The molecule has 1 atom stereocenters. The number of hydrogen-bond acceptors (Lipinski definition) is 2. The lowest BCUT2D eigenvalue weighted by molar-refractivity contribution is -0.698. The molecule has 21 heavy (non-hydrogen) atoms. The Hall–Kier alpha value is -2.66. The molecule has 108 valence electrons. The van der Waals surface area contributed by atoms with Gasteiger partial charge in [0.2, 0.25) is 0 Å². The fraction of sp³-hybridized carbons (Fsp3) is 0.125. The summed E-state index contributed by atoms with van der Waals surface area (Å²) in [7, 11) is 0. The third kappa shape index (κ3) is 4.43. The highest BCUT2D eigenvalue weighted by atomic mass is 16.2. The molecule has 2 aromatic carbocycles. The van der Waals surface area contributed by atoms with Crippen LogP contribution in [0.1, 0.15) is 17.2 Å². The predicted molar refractivity (Wildman–Crippen MR) is 79.0 cm³/mol. The number of imide groups is 1. The van der Waals surface area contributed by atoms with Gasteiger partial charge in [0, 0.05) is 11.1 Å². The van der Waals surface area contributed by atoms with Crippen LogP contribution in [0.15, 0.2) is 60.7 Å². The Balaban J connectivity index is 2.12. The van der Waals surface area contributed by atoms with Crippen molar-refractivity contribution >= 4 is 11.9 Å². The van der Waals surface area contributed by atoms with Crippen molar-refractivity contribution in [2.24, 2.45) is 5.73 Å². The van der Waals surface area contributed by atoms with Crippen LogP contribution in [0.3, 0.4) is 0 Å². The van der Waals surface area contributed by atoms with Crippen molar-refractivity contribution in [2.75, 3.05) is 0 Å². The Morgan fingerprint density at radius 2 is 1.57 bits per heavy atom. The van der Waals surface area contributed by atoms with Gasteiger partial charge in [-0.3, -0.25) is 10.1 Å². The summed E-state index contributed by atoms with van der Waals surface area (Å²) in [6.45, 7) is 0.632. The van der Waals surface area contributed by atoms with Crippen LogP contribution in [0.2, 0.25) is 0 Å². The fourth-order valence-corrected chi connectivity index (χ4v) is 2.12. The zero-order valence-electron chi connectivity index (χ0n) is 11.5. The molecule has 0 fully saturated rings. The molecule has 0 spiro atoms. The SMILES string of the molecule is NC(=O)NC(=O)[C@@H]([NH2+]Cc1ccccc1)c1ccccc1. The second-order valence-corrected chi connectivity index (χ2v) is 4.67. The minimum Gasteiger partial charge on any atom is -0.351 e. The van der Waals surface area contributed by atoms with Gasteiger partial charge in [0.05, 0.1) is 0 Å². The van der Waals surface area contributed by atoms with Crippen LogP contribution in [-0.4, -0.2) is 11.9 Å². The minimum absolute atomic E-state index is 0.412. The minimum atomic E-state index is -0.839. The summed E-state index contributed by atoms with van der Waals surface area (Å²) < 4.78 is 0. The molecule has 0 bridgehead atoms. The Morgan fingerprint density at radius 1 is 1.00 bits per heavy atom. The van der Waals surface area contributed by atoms with E-state index in [9.17, 15) is 9.59 Å². The second kappa shape index (κ2) is 7.21. The number of nitrogens with one attached hydrogen (secondary N) is 1. The van der Waals surface area contributed by atoms with Crippen molar-refractivity contribution in [3.8, 4) is 0 Å². The number of carbonyl (C=O) groups excluding carboxylic acids is 2. The average Bonchev–Trinajstić information content (AvgIpc) is 2.49. The zero-order chi connectivity index (χ0) is 15.1. The Bertz CT molecular complexity index is 599. The molecule has 3 amide bonds. The third-order valence-electron chi connectivity index (χ3n) is 3.12. The number of benzene rings is 2. The fourth-order valence-electron chi connectivity index (χ4n) is 2.12. The first-order valence-electron chi connectivity index (χ1n) is 6.69. The van der Waals surface area contributed by atoms with Gasteiger partial charge >= 0.3 is 6.03 Å². The lowest BCUT2D eigenvalue weighted by atomic mass is 10.1. The van der Waals surface area contributed by atoms with Crippen molar-refractivity contribution in [3.05, 3.63) is 71.8 Å². The molecule has 0 unspecified atom stereocenters. The molecule has 5 heteroatoms. The molecule has 0 aliphatic heterocycles. The van der Waals surface area contributed by atoms with Gasteiger partial charge in [-0.1, -0.05) is 60.7 Å². The number of carbonyl (C=O) groups is 2. The number of hydrogen-bond donors (Lipinski definition) is 3. The van der Waals surface area contributed by atoms with Crippen molar-refractivity contribution in [3.63, 3.8) is 0 Å². The van der Waals surface area contributed by atoms with E-state index in [-0.39, 0.29) is 0 Å². The first-order chi connectivity index (χ1) is 10.2. The molecule has 0 radical (unpaired) electrons. The van der Waals surface area contributed by atoms with E-state index in [1.54, 1.807) is 0 Å². The summed E-state index contributed by atoms with van der Waals surface area (Å²) in [6.07, 6.45) is 0. The monoisotopic (exact) mass is 284 g/mol. The molecule has 0 saturated heterocycles. The maximum Gasteiger partial charge on any atom is 0.319 e. The highest BCUT2D eigenvalue weighted by Gasteiger charge is 2.24. The summed E-state index contributed by atoms with van der Waals surface area (Å²) in [5.74, 6) is -0.412. The molecule has 0 heterocycles. The van der Waals surface area contributed by atoms with Crippen LogP contribution in [-0.2, 0) is 11.3 Å². The van der Waals surface area contributed by atoms with Crippen molar-refractivity contribution in [2.45, 2.75) is 12.6 Å². The largest absolute Gasteiger partial charge is 0.351 e. The summed E-state index contributed by atoms with van der Waals surface area (Å²) in [6, 6.07) is 17.8. The first kappa shape index (κ1) is 14.7. The van der Waals surface area contributed by atoms with Gasteiger partial charge in [-0.15, -0.1) is 0 Å². The summed E-state index contributed by atoms with van der Waals surface area (Å²) in [5, 5.41) is 4.02. The van der Waals surface area contributed by atoms with E-state index in [2.05, 4.69) is 5.32 Å². The van der Waals surface area contributed by atoms with Gasteiger partial charge in [0.1, 0.15) is 6.54 Å². The van der Waals surface area contributed by atoms with Crippen LogP contribution in [0, 0.1) is 0 Å². The lowest BCUT2D eigenvalue weighted by Gasteiger charge is -2.14. The number of urea groups is 1. The Kier molecular flexibility index (Phi) is 5.06. The lowest BCUT2D eigenvalue weighted by Crippen LogP contribution is -2.86. The van der Waals surface area contributed by atoms with Gasteiger partial charge in [-0.05, 0) is 0 Å². The Morgan fingerprint density at radius 3 is 2.14 bits per heavy atom. The number of rotatable bonds is 5. The predicted octanol–water partition coefficient (Wildman–Crippen LogP) is 0.686. The van der Waals surface area contributed by atoms with E-state index in [0.29, 0.717) is 6.54 Å². The molecule has 0 aromatic heterocycles. The standard InChI is InChI=1S/C16H17N3O2/c17-16(21)19-15(20)14(13-9-5-2-6-10-13)18-11-12-7-3-1-4-8-12/h1-10,14,18H,11H2,(H3,17,19,20,21)/p+1/t14-/m0/s1. The number of nitrogens with two attached hydrogens (primary N) is 2. The maximum absolute atomic E-state index is 12.1. The van der Waals surface area contributed by atoms with Gasteiger partial charge in [-0.2, -0.15) is 0 Å². The molecule has 2 rings (SSSR count). The second-order valence-electron chi connectivity index (χ2n) is 4.67. The number of quaternary nitrogens is 1. The third-order valence-corrected chi connectivity index (χ3v) is 3.12. The normalized spacial score (nSPS) is 11.6. The van der Waals surface area contributed by atoms with Crippen molar-refractivity contribution in [1.29, 1.82) is 0 Å². The van der Waals surface area contributed by atoms with Crippen LogP contribution in [0.25, 0.3) is 0 Å². The number of primary amides is 1. The smallest absolute Gasteiger partial charge is 0.319 e. The summed E-state index contributed by atoms with van der Waals surface area (Å²) >= 11 is 0. The van der Waals surface area contributed by atoms with E-state index in [1.165, 1.54) is 0 Å². The summed E-state index contributed by atoms with van der Waals surface area (Å²) in [5.41, 5.74) is 6.96. The Labute approximate surface area is 123 Å². The summed E-state index contributed by atoms with van der Waals surface area (Å²) in [4.78, 5) is 23.0. The topological polar surface area (TPSA) is 88.8 Å². The van der Waals surface area contributed by atoms with E-state index < -0.39 is 18.0 Å². The maximum atomic E-state index is 12.1. The van der Waals surface area contributed by atoms with Crippen molar-refractivity contribution in [1.82, 2.24) is 5.32 Å². The zero-order valence-corrected chi connectivity index (χ0v) is 11.5. The van der Waals surface area contributed by atoms with E-state index in [0.717, 1.165) is 11.1 Å². The van der Waals surface area contributed by atoms with Gasteiger partial charge in [0.25, 0.3) is 5.91 Å². The van der Waals surface area contributed by atoms with Crippen LogP contribution >= 0.6 is 0 Å². The van der Waals surface area contributed by atoms with Crippen LogP contribution in [0.4, 0.5) is 4.79 Å². The molecule has 5 N–H and O–H groups in total. The molecule has 5 nitrogen and oxygen atoms in total. The average molecular weight is 284 g/mol.